The van der Waals surface area contributed by atoms with E-state index in [9.17, 15) is 9.18 Å². The number of hydrogen-bond acceptors (Lipinski definition) is 5. The van der Waals surface area contributed by atoms with Gasteiger partial charge in [0.25, 0.3) is 5.91 Å². The molecule has 1 aliphatic heterocycles. The molecule has 0 unspecified atom stereocenters. The van der Waals surface area contributed by atoms with Crippen molar-refractivity contribution in [1.29, 1.82) is 0 Å². The third-order valence-electron chi connectivity index (χ3n) is 3.30. The number of amides is 1. The quantitative estimate of drug-likeness (QED) is 0.675. The van der Waals surface area contributed by atoms with Crippen LogP contribution in [0.1, 0.15) is 12.5 Å². The van der Waals surface area contributed by atoms with Crippen LogP contribution in [0.5, 0.6) is 17.2 Å². The molecule has 0 saturated heterocycles. The third-order valence-corrected chi connectivity index (χ3v) is 3.30. The van der Waals surface area contributed by atoms with Gasteiger partial charge >= 0.3 is 0 Å². The minimum absolute atomic E-state index is 0.198. The van der Waals surface area contributed by atoms with Crippen LogP contribution in [0, 0.1) is 5.82 Å². The molecule has 7 heteroatoms. The highest BCUT2D eigenvalue weighted by atomic mass is 19.1. The highest BCUT2D eigenvalue weighted by molar-refractivity contribution is 5.99. The maximum atomic E-state index is 13.0. The normalized spacial score (nSPS) is 12.8. The van der Waals surface area contributed by atoms with Crippen molar-refractivity contribution in [3.8, 4) is 17.2 Å². The van der Waals surface area contributed by atoms with Crippen molar-refractivity contribution in [2.45, 2.75) is 6.92 Å². The first-order valence-corrected chi connectivity index (χ1v) is 7.23. The first kappa shape index (κ1) is 15.8. The second-order valence-electron chi connectivity index (χ2n) is 5.05. The Morgan fingerprint density at radius 2 is 2.08 bits per heavy atom. The maximum Gasteiger partial charge on any atom is 0.277 e. The molecule has 0 fully saturated rings. The van der Waals surface area contributed by atoms with E-state index in [0.717, 1.165) is 5.56 Å². The molecule has 6 nitrogen and oxygen atoms in total. The molecule has 0 spiro atoms. The Kier molecular flexibility index (Phi) is 4.60. The fraction of sp³-hybridized carbons (Fsp3) is 0.176. The molecule has 0 bridgehead atoms. The van der Waals surface area contributed by atoms with E-state index in [2.05, 4.69) is 10.5 Å². The number of carbonyl (C=O) groups is 1. The summed E-state index contributed by atoms with van der Waals surface area (Å²) in [6, 6.07) is 11.0. The first-order chi connectivity index (χ1) is 11.6. The van der Waals surface area contributed by atoms with Crippen LogP contribution in [0.4, 0.5) is 4.39 Å². The largest absolute Gasteiger partial charge is 0.484 e. The second-order valence-corrected chi connectivity index (χ2v) is 5.05. The fourth-order valence-electron chi connectivity index (χ4n) is 2.07. The summed E-state index contributed by atoms with van der Waals surface area (Å²) >= 11 is 0. The third kappa shape index (κ3) is 3.81. The molecular weight excluding hydrogens is 315 g/mol. The average molecular weight is 330 g/mol. The number of hydrazone groups is 1. The Morgan fingerprint density at radius 3 is 2.92 bits per heavy atom. The lowest BCUT2D eigenvalue weighted by Gasteiger charge is -2.06. The smallest absolute Gasteiger partial charge is 0.277 e. The lowest BCUT2D eigenvalue weighted by Crippen LogP contribution is -2.25. The zero-order valence-electron chi connectivity index (χ0n) is 12.9. The summed E-state index contributed by atoms with van der Waals surface area (Å²) in [6.07, 6.45) is 0. The van der Waals surface area contributed by atoms with Crippen LogP contribution < -0.4 is 19.6 Å². The summed E-state index contributed by atoms with van der Waals surface area (Å²) in [7, 11) is 0. The average Bonchev–Trinajstić information content (AvgIpc) is 3.05. The van der Waals surface area contributed by atoms with Crippen molar-refractivity contribution < 1.29 is 23.4 Å². The van der Waals surface area contributed by atoms with Gasteiger partial charge in [0.2, 0.25) is 6.79 Å². The Morgan fingerprint density at radius 1 is 1.25 bits per heavy atom. The molecule has 0 radical (unpaired) electrons. The van der Waals surface area contributed by atoms with E-state index < -0.39 is 11.7 Å². The van der Waals surface area contributed by atoms with Gasteiger partial charge < -0.3 is 14.2 Å². The Bertz CT molecular complexity index is 792. The van der Waals surface area contributed by atoms with Gasteiger partial charge in [-0.2, -0.15) is 5.10 Å². The lowest BCUT2D eigenvalue weighted by molar-refractivity contribution is -0.123. The Hall–Kier alpha value is -3.09. The van der Waals surface area contributed by atoms with Crippen molar-refractivity contribution in [2.24, 2.45) is 5.10 Å². The van der Waals surface area contributed by atoms with Gasteiger partial charge in [0, 0.05) is 11.6 Å². The topological polar surface area (TPSA) is 69.2 Å². The summed E-state index contributed by atoms with van der Waals surface area (Å²) in [5, 5.41) is 4.02. The number of halogens is 1. The molecule has 3 rings (SSSR count). The van der Waals surface area contributed by atoms with Gasteiger partial charge in [-0.05, 0) is 37.3 Å². The lowest BCUT2D eigenvalue weighted by atomic mass is 10.1. The number of hydrogen-bond donors (Lipinski definition) is 1. The number of fused-ring (bicyclic) bond motifs is 1. The number of rotatable bonds is 5. The van der Waals surface area contributed by atoms with Crippen LogP contribution in [0.25, 0.3) is 0 Å². The van der Waals surface area contributed by atoms with E-state index in [-0.39, 0.29) is 19.1 Å². The number of benzene rings is 2. The summed E-state index contributed by atoms with van der Waals surface area (Å²) in [5.74, 6) is 0.729. The van der Waals surface area contributed by atoms with Gasteiger partial charge in [0.05, 0.1) is 5.71 Å². The minimum Gasteiger partial charge on any atom is -0.484 e. The predicted molar refractivity (Wildman–Crippen MR) is 84.8 cm³/mol. The summed E-state index contributed by atoms with van der Waals surface area (Å²) in [4.78, 5) is 11.7. The highest BCUT2D eigenvalue weighted by Crippen LogP contribution is 2.32. The fourth-order valence-corrected chi connectivity index (χ4v) is 2.07. The molecule has 0 saturated carbocycles. The van der Waals surface area contributed by atoms with Gasteiger partial charge in [-0.15, -0.1) is 0 Å². The number of carbonyl (C=O) groups excluding carboxylic acids is 1. The zero-order valence-corrected chi connectivity index (χ0v) is 12.9. The van der Waals surface area contributed by atoms with Gasteiger partial charge in [-0.25, -0.2) is 9.82 Å². The Balaban J connectivity index is 1.55. The molecule has 2 aromatic carbocycles. The molecule has 0 atom stereocenters. The second kappa shape index (κ2) is 6.99. The number of ether oxygens (including phenoxy) is 3. The number of nitrogens with one attached hydrogen (secondary N) is 1. The Labute approximate surface area is 137 Å². The molecular formula is C17H15FN2O4. The van der Waals surface area contributed by atoms with E-state index in [0.29, 0.717) is 17.2 Å². The van der Waals surface area contributed by atoms with E-state index in [1.807, 2.05) is 6.07 Å². The van der Waals surface area contributed by atoms with Crippen LogP contribution in [0.3, 0.4) is 0 Å². The van der Waals surface area contributed by atoms with Crippen molar-refractivity contribution in [2.75, 3.05) is 13.4 Å². The molecule has 124 valence electrons. The van der Waals surface area contributed by atoms with Crippen LogP contribution in [0.15, 0.2) is 47.6 Å². The van der Waals surface area contributed by atoms with Gasteiger partial charge in [0.1, 0.15) is 11.6 Å². The maximum absolute atomic E-state index is 13.0. The number of nitrogens with zero attached hydrogens (tertiary/aromatic N) is 1. The van der Waals surface area contributed by atoms with Crippen molar-refractivity contribution >= 4 is 11.6 Å². The first-order valence-electron chi connectivity index (χ1n) is 7.23. The van der Waals surface area contributed by atoms with Crippen molar-refractivity contribution in [3.05, 3.63) is 53.8 Å². The van der Waals surface area contributed by atoms with E-state index in [1.54, 1.807) is 25.1 Å². The van der Waals surface area contributed by atoms with Crippen LogP contribution in [-0.2, 0) is 4.79 Å². The molecule has 1 amide bonds. The predicted octanol–water partition coefficient (Wildman–Crippen LogP) is 2.47. The molecule has 1 aliphatic rings. The van der Waals surface area contributed by atoms with Gasteiger partial charge in [-0.1, -0.05) is 6.07 Å². The molecule has 24 heavy (non-hydrogen) atoms. The monoisotopic (exact) mass is 330 g/mol. The summed E-state index contributed by atoms with van der Waals surface area (Å²) < 4.78 is 28.7. The van der Waals surface area contributed by atoms with Crippen LogP contribution >= 0.6 is 0 Å². The van der Waals surface area contributed by atoms with Crippen LogP contribution in [-0.4, -0.2) is 25.0 Å². The molecule has 0 aliphatic carbocycles. The molecule has 1 heterocycles. The van der Waals surface area contributed by atoms with E-state index >= 15 is 0 Å². The minimum atomic E-state index is -0.445. The van der Waals surface area contributed by atoms with Crippen molar-refractivity contribution in [1.82, 2.24) is 5.43 Å². The van der Waals surface area contributed by atoms with E-state index in [1.165, 1.54) is 18.2 Å². The molecule has 1 N–H and O–H groups in total. The van der Waals surface area contributed by atoms with Gasteiger partial charge in [-0.3, -0.25) is 4.79 Å². The zero-order chi connectivity index (χ0) is 16.9. The summed E-state index contributed by atoms with van der Waals surface area (Å²) in [6.45, 7) is 1.69. The summed E-state index contributed by atoms with van der Waals surface area (Å²) in [5.41, 5.74) is 3.79. The SMILES string of the molecule is C/C(=N/NC(=O)COc1cccc(F)c1)c1ccc2c(c1)OCO2. The van der Waals surface area contributed by atoms with Gasteiger partial charge in [0.15, 0.2) is 18.1 Å². The van der Waals surface area contributed by atoms with Crippen LogP contribution in [0.2, 0.25) is 0 Å². The molecule has 0 aromatic heterocycles. The standard InChI is InChI=1S/C17H15FN2O4/c1-11(12-5-6-15-16(7-12)24-10-23-15)19-20-17(21)9-22-14-4-2-3-13(18)8-14/h2-8H,9-10H2,1H3,(H,20,21)/b19-11-. The van der Waals surface area contributed by atoms with Crippen molar-refractivity contribution in [3.63, 3.8) is 0 Å². The van der Waals surface area contributed by atoms with E-state index in [4.69, 9.17) is 14.2 Å². The molecule has 2 aromatic rings. The highest BCUT2D eigenvalue weighted by Gasteiger charge is 2.14.